The average molecular weight is 463 g/mol. The second-order valence-electron chi connectivity index (χ2n) is 5.82. The van der Waals surface area contributed by atoms with Crippen LogP contribution in [0.1, 0.15) is 10.4 Å². The van der Waals surface area contributed by atoms with E-state index in [-0.39, 0.29) is 37.0 Å². The van der Waals surface area contributed by atoms with Crippen molar-refractivity contribution in [1.82, 2.24) is 18.0 Å². The summed E-state index contributed by atoms with van der Waals surface area (Å²) in [6.45, 7) is 0.926. The largest absolute Gasteiger partial charge is 0.336 e. The van der Waals surface area contributed by atoms with Gasteiger partial charge in [-0.05, 0) is 18.2 Å². The molecule has 0 radical (unpaired) electrons. The third-order valence-electron chi connectivity index (χ3n) is 4.28. The predicted molar refractivity (Wildman–Crippen MR) is 106 cm³/mol. The lowest BCUT2D eigenvalue weighted by Crippen LogP contribution is -2.50. The molecule has 0 aliphatic carbocycles. The molecule has 3 heterocycles. The Kier molecular flexibility index (Phi) is 5.12. The Hall–Kier alpha value is -1.30. The molecular weight excluding hydrogens is 451 g/mol. The number of carbonyl (C=O) groups is 1. The number of hydrogen-bond donors (Lipinski definition) is 0. The Labute approximate surface area is 173 Å². The van der Waals surface area contributed by atoms with Crippen LogP contribution < -0.4 is 0 Å². The molecule has 1 aromatic carbocycles. The van der Waals surface area contributed by atoms with Gasteiger partial charge in [0.05, 0.1) is 21.6 Å². The fraction of sp³-hybridized carbons (Fsp3) is 0.267. The van der Waals surface area contributed by atoms with E-state index in [0.717, 1.165) is 23.1 Å². The van der Waals surface area contributed by atoms with Crippen molar-refractivity contribution in [3.63, 3.8) is 0 Å². The lowest BCUT2D eigenvalue weighted by atomic mass is 10.2. The first-order chi connectivity index (χ1) is 12.9. The van der Waals surface area contributed by atoms with Gasteiger partial charge in [-0.3, -0.25) is 4.79 Å². The van der Waals surface area contributed by atoms with E-state index in [2.05, 4.69) is 8.75 Å². The first-order valence-electron chi connectivity index (χ1n) is 7.83. The van der Waals surface area contributed by atoms with Crippen LogP contribution in [0.2, 0.25) is 8.67 Å². The van der Waals surface area contributed by atoms with Gasteiger partial charge in [-0.25, -0.2) is 8.42 Å². The first kappa shape index (κ1) is 19.0. The lowest BCUT2D eigenvalue weighted by molar-refractivity contribution is 0.0698. The maximum atomic E-state index is 13.0. The quantitative estimate of drug-likeness (QED) is 0.596. The van der Waals surface area contributed by atoms with Crippen LogP contribution in [0.5, 0.6) is 0 Å². The van der Waals surface area contributed by atoms with Crippen molar-refractivity contribution >= 4 is 73.2 Å². The predicted octanol–water partition coefficient (Wildman–Crippen LogP) is 3.21. The molecule has 1 amide bonds. The summed E-state index contributed by atoms with van der Waals surface area (Å²) in [7, 11) is -3.72. The van der Waals surface area contributed by atoms with Gasteiger partial charge in [0.15, 0.2) is 0 Å². The Morgan fingerprint density at radius 1 is 1.11 bits per heavy atom. The molecule has 0 unspecified atom stereocenters. The molecule has 0 N–H and O–H groups in total. The Balaban J connectivity index is 1.53. The normalized spacial score (nSPS) is 16.1. The van der Waals surface area contributed by atoms with Crippen LogP contribution in [-0.4, -0.2) is 58.5 Å². The standard InChI is InChI=1S/C15H12Cl2N4O3S3/c16-12-8-9(14(17)25-12)15(22)20-4-6-21(7-5-20)27(23,24)11-3-1-2-10-13(11)19-26-18-10/h1-3,8H,4-7H2. The molecule has 1 aliphatic heterocycles. The van der Waals surface area contributed by atoms with Crippen molar-refractivity contribution in [2.75, 3.05) is 26.2 Å². The monoisotopic (exact) mass is 462 g/mol. The highest BCUT2D eigenvalue weighted by atomic mass is 35.5. The van der Waals surface area contributed by atoms with Gasteiger partial charge in [-0.2, -0.15) is 13.1 Å². The highest BCUT2D eigenvalue weighted by Gasteiger charge is 2.32. The highest BCUT2D eigenvalue weighted by Crippen LogP contribution is 2.32. The van der Waals surface area contributed by atoms with Crippen LogP contribution in [0.4, 0.5) is 0 Å². The molecule has 0 saturated carbocycles. The third-order valence-corrected chi connectivity index (χ3v) is 8.24. The number of thiophene rings is 1. The molecule has 2 aromatic heterocycles. The van der Waals surface area contributed by atoms with Gasteiger partial charge in [0.25, 0.3) is 5.91 Å². The summed E-state index contributed by atoms with van der Waals surface area (Å²) in [5.41, 5.74) is 1.28. The van der Waals surface area contributed by atoms with E-state index in [1.807, 2.05) is 0 Å². The molecule has 0 bridgehead atoms. The number of hydrogen-bond acceptors (Lipinski definition) is 7. The van der Waals surface area contributed by atoms with E-state index in [9.17, 15) is 13.2 Å². The summed E-state index contributed by atoms with van der Waals surface area (Å²) in [5.74, 6) is -0.244. The molecule has 0 spiro atoms. The van der Waals surface area contributed by atoms with E-state index >= 15 is 0 Å². The summed E-state index contributed by atoms with van der Waals surface area (Å²) < 4.78 is 36.4. The number of benzene rings is 1. The van der Waals surface area contributed by atoms with E-state index in [0.29, 0.717) is 25.3 Å². The van der Waals surface area contributed by atoms with Crippen LogP contribution in [0, 0.1) is 0 Å². The summed E-state index contributed by atoms with van der Waals surface area (Å²) in [6, 6.07) is 6.45. The molecule has 12 heteroatoms. The zero-order chi connectivity index (χ0) is 19.2. The summed E-state index contributed by atoms with van der Waals surface area (Å²) in [6.07, 6.45) is 0. The van der Waals surface area contributed by atoms with Crippen molar-refractivity contribution in [2.24, 2.45) is 0 Å². The number of fused-ring (bicyclic) bond motifs is 1. The molecule has 0 atom stereocenters. The Morgan fingerprint density at radius 3 is 2.52 bits per heavy atom. The smallest absolute Gasteiger partial charge is 0.256 e. The minimum absolute atomic E-state index is 0.140. The van der Waals surface area contributed by atoms with Gasteiger partial charge in [0.2, 0.25) is 10.0 Å². The maximum Gasteiger partial charge on any atom is 0.256 e. The van der Waals surface area contributed by atoms with Gasteiger partial charge in [-0.1, -0.05) is 29.3 Å². The van der Waals surface area contributed by atoms with E-state index in [1.165, 1.54) is 16.4 Å². The van der Waals surface area contributed by atoms with E-state index < -0.39 is 10.0 Å². The zero-order valence-electron chi connectivity index (χ0n) is 13.6. The molecule has 1 saturated heterocycles. The zero-order valence-corrected chi connectivity index (χ0v) is 17.6. The van der Waals surface area contributed by atoms with Gasteiger partial charge in [-0.15, -0.1) is 11.3 Å². The topological polar surface area (TPSA) is 83.5 Å². The second-order valence-corrected chi connectivity index (χ2v) is 10.5. The van der Waals surface area contributed by atoms with E-state index in [1.54, 1.807) is 17.0 Å². The minimum atomic E-state index is -3.72. The lowest BCUT2D eigenvalue weighted by Gasteiger charge is -2.34. The first-order valence-corrected chi connectivity index (χ1v) is 11.6. The number of nitrogens with zero attached hydrogens (tertiary/aromatic N) is 4. The Morgan fingerprint density at radius 2 is 1.85 bits per heavy atom. The van der Waals surface area contributed by atoms with Crippen molar-refractivity contribution in [3.05, 3.63) is 38.5 Å². The number of aromatic nitrogens is 2. The molecular formula is C15H12Cl2N4O3S3. The Bertz CT molecular complexity index is 1120. The highest BCUT2D eigenvalue weighted by molar-refractivity contribution is 7.89. The average Bonchev–Trinajstić information content (AvgIpc) is 3.26. The number of piperazine rings is 1. The van der Waals surface area contributed by atoms with E-state index in [4.69, 9.17) is 23.2 Å². The van der Waals surface area contributed by atoms with Crippen LogP contribution in [0.15, 0.2) is 29.2 Å². The fourth-order valence-corrected chi connectivity index (χ4v) is 6.54. The maximum absolute atomic E-state index is 13.0. The van der Waals surface area contributed by atoms with Crippen molar-refractivity contribution in [2.45, 2.75) is 4.90 Å². The second kappa shape index (κ2) is 7.26. The molecule has 3 aromatic rings. The van der Waals surface area contributed by atoms with Crippen molar-refractivity contribution in [1.29, 1.82) is 0 Å². The van der Waals surface area contributed by atoms with Crippen LogP contribution in [-0.2, 0) is 10.0 Å². The summed E-state index contributed by atoms with van der Waals surface area (Å²) in [4.78, 5) is 14.3. The number of sulfonamides is 1. The van der Waals surface area contributed by atoms with Gasteiger partial charge < -0.3 is 4.90 Å². The van der Waals surface area contributed by atoms with Gasteiger partial charge in [0, 0.05) is 26.2 Å². The number of rotatable bonds is 3. The number of halogens is 2. The number of carbonyl (C=O) groups excluding carboxylic acids is 1. The van der Waals surface area contributed by atoms with Crippen LogP contribution in [0.25, 0.3) is 11.0 Å². The summed E-state index contributed by atoms with van der Waals surface area (Å²) >= 11 is 14.1. The van der Waals surface area contributed by atoms with Crippen molar-refractivity contribution in [3.8, 4) is 0 Å². The van der Waals surface area contributed by atoms with Crippen LogP contribution in [0.3, 0.4) is 0 Å². The van der Waals surface area contributed by atoms with Gasteiger partial charge in [0.1, 0.15) is 20.3 Å². The summed E-state index contributed by atoms with van der Waals surface area (Å²) in [5, 5.41) is 0. The third kappa shape index (κ3) is 3.45. The molecule has 4 rings (SSSR count). The fourth-order valence-electron chi connectivity index (χ4n) is 2.92. The molecule has 7 nitrogen and oxygen atoms in total. The molecule has 1 fully saturated rings. The van der Waals surface area contributed by atoms with Crippen molar-refractivity contribution < 1.29 is 13.2 Å². The van der Waals surface area contributed by atoms with Gasteiger partial charge >= 0.3 is 0 Å². The molecule has 27 heavy (non-hydrogen) atoms. The number of amides is 1. The van der Waals surface area contributed by atoms with Crippen LogP contribution >= 0.6 is 46.3 Å². The molecule has 1 aliphatic rings. The minimum Gasteiger partial charge on any atom is -0.336 e. The SMILES string of the molecule is O=C(c1cc(Cl)sc1Cl)N1CCN(S(=O)(=O)c2cccc3nsnc23)CC1. The molecule has 142 valence electrons.